The Bertz CT molecular complexity index is 1080. The lowest BCUT2D eigenvalue weighted by atomic mass is 10.0. The standard InChI is InChI=1S/C24H29N3O3S/c1-16(19-10-6-5-7-11-19)14-25-22(28)18(3)31-24-26-21-13-9-8-12-20(21)23(29)27(24)17(2)15-30-4/h5-13,16-18H,14-15H2,1-4H3,(H,25,28). The maximum absolute atomic E-state index is 13.1. The van der Waals surface area contributed by atoms with Crippen LogP contribution >= 0.6 is 11.8 Å². The van der Waals surface area contributed by atoms with Crippen molar-refractivity contribution >= 4 is 28.6 Å². The molecule has 0 saturated carbocycles. The summed E-state index contributed by atoms with van der Waals surface area (Å²) in [5.74, 6) is 0.127. The van der Waals surface area contributed by atoms with E-state index in [2.05, 4.69) is 24.4 Å². The molecule has 1 amide bonds. The number of para-hydroxylation sites is 1. The Labute approximate surface area is 187 Å². The van der Waals surface area contributed by atoms with Gasteiger partial charge in [-0.15, -0.1) is 0 Å². The lowest BCUT2D eigenvalue weighted by Crippen LogP contribution is -2.35. The summed E-state index contributed by atoms with van der Waals surface area (Å²) >= 11 is 1.29. The summed E-state index contributed by atoms with van der Waals surface area (Å²) < 4.78 is 6.90. The summed E-state index contributed by atoms with van der Waals surface area (Å²) in [5, 5.41) is 3.70. The molecule has 31 heavy (non-hydrogen) atoms. The molecule has 3 atom stereocenters. The van der Waals surface area contributed by atoms with Crippen LogP contribution in [0.2, 0.25) is 0 Å². The quantitative estimate of drug-likeness (QED) is 0.403. The molecule has 0 aliphatic carbocycles. The molecule has 3 aromatic rings. The number of methoxy groups -OCH3 is 1. The van der Waals surface area contributed by atoms with Gasteiger partial charge >= 0.3 is 0 Å². The summed E-state index contributed by atoms with van der Waals surface area (Å²) in [6.45, 7) is 6.76. The zero-order valence-corrected chi connectivity index (χ0v) is 19.2. The van der Waals surface area contributed by atoms with E-state index in [1.165, 1.54) is 17.3 Å². The van der Waals surface area contributed by atoms with Crippen LogP contribution in [-0.4, -0.2) is 41.0 Å². The van der Waals surface area contributed by atoms with Gasteiger partial charge in [0.15, 0.2) is 5.16 Å². The Morgan fingerprint density at radius 3 is 2.48 bits per heavy atom. The van der Waals surface area contributed by atoms with Crippen LogP contribution in [0.5, 0.6) is 0 Å². The predicted molar refractivity (Wildman–Crippen MR) is 126 cm³/mol. The molecule has 1 aromatic heterocycles. The highest BCUT2D eigenvalue weighted by Gasteiger charge is 2.22. The lowest BCUT2D eigenvalue weighted by molar-refractivity contribution is -0.120. The van der Waals surface area contributed by atoms with Crippen molar-refractivity contribution in [1.29, 1.82) is 0 Å². The van der Waals surface area contributed by atoms with Crippen LogP contribution in [0.15, 0.2) is 64.5 Å². The Balaban J connectivity index is 1.78. The zero-order valence-electron chi connectivity index (χ0n) is 18.4. The first-order chi connectivity index (χ1) is 14.9. The maximum atomic E-state index is 13.1. The minimum Gasteiger partial charge on any atom is -0.383 e. The lowest BCUT2D eigenvalue weighted by Gasteiger charge is -2.21. The van der Waals surface area contributed by atoms with Gasteiger partial charge in [-0.1, -0.05) is 61.2 Å². The Hall–Kier alpha value is -2.64. The summed E-state index contributed by atoms with van der Waals surface area (Å²) in [4.78, 5) is 30.6. The van der Waals surface area contributed by atoms with Gasteiger partial charge in [0.2, 0.25) is 5.91 Å². The van der Waals surface area contributed by atoms with Crippen molar-refractivity contribution in [2.75, 3.05) is 20.3 Å². The Morgan fingerprint density at radius 2 is 1.77 bits per heavy atom. The highest BCUT2D eigenvalue weighted by atomic mass is 32.2. The normalized spacial score (nSPS) is 14.2. The van der Waals surface area contributed by atoms with Gasteiger partial charge in [-0.3, -0.25) is 14.2 Å². The van der Waals surface area contributed by atoms with E-state index < -0.39 is 5.25 Å². The highest BCUT2D eigenvalue weighted by molar-refractivity contribution is 8.00. The number of amides is 1. The van der Waals surface area contributed by atoms with E-state index in [0.29, 0.717) is 29.2 Å². The Morgan fingerprint density at radius 1 is 1.10 bits per heavy atom. The number of hydrogen-bond acceptors (Lipinski definition) is 5. The van der Waals surface area contributed by atoms with Crippen molar-refractivity contribution in [3.05, 3.63) is 70.5 Å². The molecule has 7 heteroatoms. The van der Waals surface area contributed by atoms with Crippen molar-refractivity contribution in [3.63, 3.8) is 0 Å². The van der Waals surface area contributed by atoms with Crippen LogP contribution in [0.1, 0.15) is 38.3 Å². The molecule has 3 rings (SSSR count). The summed E-state index contributed by atoms with van der Waals surface area (Å²) in [6.07, 6.45) is 0. The van der Waals surface area contributed by atoms with Gasteiger partial charge in [0.1, 0.15) is 0 Å². The van der Waals surface area contributed by atoms with Crippen molar-refractivity contribution in [1.82, 2.24) is 14.9 Å². The number of thioether (sulfide) groups is 1. The third-order valence-corrected chi connectivity index (χ3v) is 6.29. The largest absolute Gasteiger partial charge is 0.383 e. The number of rotatable bonds is 9. The van der Waals surface area contributed by atoms with Crippen LogP contribution in [-0.2, 0) is 9.53 Å². The van der Waals surface area contributed by atoms with Crippen molar-refractivity contribution in [3.8, 4) is 0 Å². The molecule has 0 aliphatic rings. The average Bonchev–Trinajstić information content (AvgIpc) is 2.78. The van der Waals surface area contributed by atoms with Crippen LogP contribution in [0.4, 0.5) is 0 Å². The molecule has 0 spiro atoms. The summed E-state index contributed by atoms with van der Waals surface area (Å²) in [7, 11) is 1.60. The average molecular weight is 440 g/mol. The number of ether oxygens (including phenoxy) is 1. The third kappa shape index (κ3) is 5.54. The summed E-state index contributed by atoms with van der Waals surface area (Å²) in [5.41, 5.74) is 1.69. The van der Waals surface area contributed by atoms with Gasteiger partial charge in [-0.2, -0.15) is 0 Å². The number of benzene rings is 2. The first-order valence-corrected chi connectivity index (χ1v) is 11.3. The molecule has 0 fully saturated rings. The fourth-order valence-corrected chi connectivity index (χ4v) is 4.46. The fraction of sp³-hybridized carbons (Fsp3) is 0.375. The fourth-order valence-electron chi connectivity index (χ4n) is 3.42. The zero-order chi connectivity index (χ0) is 22.4. The molecule has 1 N–H and O–H groups in total. The Kier molecular flexibility index (Phi) is 7.87. The van der Waals surface area contributed by atoms with Gasteiger partial charge in [0, 0.05) is 13.7 Å². The molecule has 3 unspecified atom stereocenters. The molecule has 2 aromatic carbocycles. The van der Waals surface area contributed by atoms with Gasteiger partial charge < -0.3 is 10.1 Å². The van der Waals surface area contributed by atoms with Crippen LogP contribution < -0.4 is 10.9 Å². The molecular weight excluding hydrogens is 410 g/mol. The maximum Gasteiger partial charge on any atom is 0.262 e. The molecular formula is C24H29N3O3S. The molecule has 164 valence electrons. The predicted octanol–water partition coefficient (Wildman–Crippen LogP) is 4.00. The smallest absolute Gasteiger partial charge is 0.262 e. The minimum atomic E-state index is -0.406. The molecule has 0 bridgehead atoms. The van der Waals surface area contributed by atoms with Crippen molar-refractivity contribution in [2.45, 2.75) is 43.1 Å². The number of fused-ring (bicyclic) bond motifs is 1. The van der Waals surface area contributed by atoms with E-state index in [9.17, 15) is 9.59 Å². The van der Waals surface area contributed by atoms with Crippen molar-refractivity contribution < 1.29 is 9.53 Å². The molecule has 0 aliphatic heterocycles. The number of hydrogen-bond donors (Lipinski definition) is 1. The summed E-state index contributed by atoms with van der Waals surface area (Å²) in [6, 6.07) is 17.2. The first kappa shape index (κ1) is 23.0. The molecule has 6 nitrogen and oxygen atoms in total. The second-order valence-corrected chi connectivity index (χ2v) is 9.02. The van der Waals surface area contributed by atoms with Gasteiger partial charge in [0.25, 0.3) is 5.56 Å². The van der Waals surface area contributed by atoms with Gasteiger partial charge in [-0.25, -0.2) is 4.98 Å². The van der Waals surface area contributed by atoms with Crippen molar-refractivity contribution in [2.24, 2.45) is 0 Å². The number of carbonyl (C=O) groups is 1. The van der Waals surface area contributed by atoms with E-state index in [-0.39, 0.29) is 23.4 Å². The highest BCUT2D eigenvalue weighted by Crippen LogP contribution is 2.25. The monoisotopic (exact) mass is 439 g/mol. The van der Waals surface area contributed by atoms with Crippen LogP contribution in [0.3, 0.4) is 0 Å². The van der Waals surface area contributed by atoms with Crippen LogP contribution in [0.25, 0.3) is 10.9 Å². The number of aromatic nitrogens is 2. The topological polar surface area (TPSA) is 73.2 Å². The van der Waals surface area contributed by atoms with E-state index in [0.717, 1.165) is 0 Å². The van der Waals surface area contributed by atoms with E-state index in [1.54, 1.807) is 17.7 Å². The number of nitrogens with one attached hydrogen (secondary N) is 1. The third-order valence-electron chi connectivity index (χ3n) is 5.23. The van der Waals surface area contributed by atoms with E-state index in [1.807, 2.05) is 50.2 Å². The van der Waals surface area contributed by atoms with Gasteiger partial charge in [0.05, 0.1) is 28.8 Å². The van der Waals surface area contributed by atoms with E-state index >= 15 is 0 Å². The minimum absolute atomic E-state index is 0.0823. The molecule has 1 heterocycles. The molecule has 0 radical (unpaired) electrons. The second kappa shape index (κ2) is 10.6. The van der Waals surface area contributed by atoms with E-state index in [4.69, 9.17) is 9.72 Å². The van der Waals surface area contributed by atoms with Gasteiger partial charge in [-0.05, 0) is 37.5 Å². The SMILES string of the molecule is COCC(C)n1c(SC(C)C(=O)NCC(C)c2ccccc2)nc2ccccc2c1=O. The molecule has 0 saturated heterocycles. The number of carbonyl (C=O) groups excluding carboxylic acids is 1. The number of nitrogens with zero attached hydrogens (tertiary/aromatic N) is 2. The van der Waals surface area contributed by atoms with Crippen LogP contribution in [0, 0.1) is 0 Å². The first-order valence-electron chi connectivity index (χ1n) is 10.4. The second-order valence-electron chi connectivity index (χ2n) is 7.71.